The highest BCUT2D eigenvalue weighted by molar-refractivity contribution is 7.91. The predicted molar refractivity (Wildman–Crippen MR) is 111 cm³/mol. The van der Waals surface area contributed by atoms with Gasteiger partial charge in [-0.2, -0.15) is 19.2 Å². The number of carbonyl (C=O) groups is 1. The fraction of sp³-hybridized carbons (Fsp3) is 0.409. The number of hydrogen-bond donors (Lipinski definition) is 3. The second-order valence-electron chi connectivity index (χ2n) is 9.38. The molecule has 0 spiro atoms. The van der Waals surface area contributed by atoms with Crippen LogP contribution in [0.2, 0.25) is 0 Å². The fourth-order valence-corrected chi connectivity index (χ4v) is 6.68. The molecule has 1 amide bonds. The first-order chi connectivity index (χ1) is 16.5. The summed E-state index contributed by atoms with van der Waals surface area (Å²) >= 11 is 0. The molecule has 2 aromatic carbocycles. The molecule has 1 heterocycles. The number of sulfone groups is 1. The van der Waals surface area contributed by atoms with E-state index in [2.05, 4.69) is 0 Å². The van der Waals surface area contributed by atoms with Crippen molar-refractivity contribution in [2.45, 2.75) is 54.5 Å². The molecule has 1 saturated carbocycles. The minimum atomic E-state index is -5.22. The van der Waals surface area contributed by atoms with E-state index in [1.807, 2.05) is 0 Å². The minimum absolute atomic E-state index is 0.0562. The van der Waals surface area contributed by atoms with Gasteiger partial charge >= 0.3 is 6.05 Å². The highest BCUT2D eigenvalue weighted by Gasteiger charge is 2.72. The van der Waals surface area contributed by atoms with Crippen molar-refractivity contribution in [1.29, 1.82) is 0 Å². The highest BCUT2D eigenvalue weighted by Crippen LogP contribution is 2.60. The number of nitrogens with zero attached hydrogens (tertiary/aromatic N) is 1. The number of halogens is 6. The molecule has 14 heteroatoms. The third-order valence-corrected chi connectivity index (χ3v) is 8.21. The quantitative estimate of drug-likeness (QED) is 0.226. The Kier molecular flexibility index (Phi) is 5.80. The molecular weight excluding hydrogens is 518 g/mol. The van der Waals surface area contributed by atoms with Crippen LogP contribution in [0.25, 0.3) is 0 Å². The van der Waals surface area contributed by atoms with Crippen LogP contribution in [0.3, 0.4) is 0 Å². The predicted octanol–water partition coefficient (Wildman–Crippen LogP) is 2.74. The molecule has 2 aromatic rings. The third-order valence-electron chi connectivity index (χ3n) is 6.31. The van der Waals surface area contributed by atoms with Crippen molar-refractivity contribution >= 4 is 15.7 Å². The van der Waals surface area contributed by atoms with Crippen molar-refractivity contribution < 1.29 is 49.9 Å². The summed E-state index contributed by atoms with van der Waals surface area (Å²) < 4.78 is 118. The van der Waals surface area contributed by atoms with Crippen LogP contribution in [0.15, 0.2) is 35.2 Å². The molecule has 1 unspecified atom stereocenters. The molecule has 4 rings (SSSR count). The van der Waals surface area contributed by atoms with Gasteiger partial charge in [-0.3, -0.25) is 4.79 Å². The van der Waals surface area contributed by atoms with Gasteiger partial charge in [-0.15, -0.1) is 4.48 Å². The summed E-state index contributed by atoms with van der Waals surface area (Å²) in [5.41, 5.74) is -11.9. The largest absolute Gasteiger partial charge is 0.389 e. The van der Waals surface area contributed by atoms with Crippen LogP contribution in [0.1, 0.15) is 43.4 Å². The van der Waals surface area contributed by atoms with Gasteiger partial charge in [-0.1, -0.05) is 30.3 Å². The van der Waals surface area contributed by atoms with E-state index in [4.69, 9.17) is 0 Å². The van der Waals surface area contributed by atoms with Crippen molar-refractivity contribution in [3.05, 3.63) is 64.5 Å². The molecule has 1 atom stereocenters. The number of alkyl halides is 2. The molecular formula is C22H20F6N2O5S. The van der Waals surface area contributed by atoms with E-state index >= 15 is 22.0 Å². The Morgan fingerprint density at radius 2 is 1.61 bits per heavy atom. The summed E-state index contributed by atoms with van der Waals surface area (Å²) in [5, 5.41) is 20.6. The lowest BCUT2D eigenvalue weighted by molar-refractivity contribution is -0.268. The fourth-order valence-electron chi connectivity index (χ4n) is 4.80. The molecule has 0 aromatic heterocycles. The maximum atomic E-state index is 16.0. The molecule has 3 N–H and O–H groups in total. The minimum Gasteiger partial charge on any atom is -0.389 e. The molecule has 196 valence electrons. The van der Waals surface area contributed by atoms with E-state index in [9.17, 15) is 27.9 Å². The number of benzene rings is 2. The van der Waals surface area contributed by atoms with Crippen LogP contribution < -0.4 is 5.54 Å². The smallest absolute Gasteiger partial charge is 0.338 e. The van der Waals surface area contributed by atoms with E-state index in [1.54, 1.807) is 0 Å². The number of hydrogen-bond acceptors (Lipinski definition) is 6. The lowest BCUT2D eigenvalue weighted by atomic mass is 9.80. The Morgan fingerprint density at radius 3 is 2.08 bits per heavy atom. The SMILES string of the molecule is CC(C)(O)N1C(F)(F)c2c(F)c(S(=O)(=O)CC3(O)CC3)c(F)c(F)c2C1(C(=O)NF)c1ccccc1. The summed E-state index contributed by atoms with van der Waals surface area (Å²) in [6.07, 6.45) is -0.112. The standard InChI is InChI=1S/C22H20F6N2O5S/c1-19(2,32)30-21(18(31)29-28,11-6-4-3-5-7-11)12-13(22(30,26)27)15(24)17(16(25)14(12)23)36(34,35)10-20(33)8-9-20/h3-7,32-33H,8-10H2,1-2H3,(H,29,31). The number of rotatable bonds is 6. The number of aliphatic hydroxyl groups is 2. The van der Waals surface area contributed by atoms with E-state index in [-0.39, 0.29) is 12.8 Å². The second kappa shape index (κ2) is 7.91. The van der Waals surface area contributed by atoms with Crippen molar-refractivity contribution in [3.8, 4) is 0 Å². The van der Waals surface area contributed by atoms with Gasteiger partial charge in [-0.25, -0.2) is 21.6 Å². The maximum absolute atomic E-state index is 16.0. The van der Waals surface area contributed by atoms with Gasteiger partial charge in [0.05, 0.1) is 16.9 Å². The summed E-state index contributed by atoms with van der Waals surface area (Å²) in [4.78, 5) is 10.5. The Hall–Kier alpha value is -2.68. The molecule has 1 fully saturated rings. The van der Waals surface area contributed by atoms with Crippen molar-refractivity contribution in [3.63, 3.8) is 0 Å². The average Bonchev–Trinajstić information content (AvgIpc) is 3.42. The summed E-state index contributed by atoms with van der Waals surface area (Å²) in [6, 6.07) is 0.754. The zero-order valence-electron chi connectivity index (χ0n) is 18.8. The Balaban J connectivity index is 2.20. The molecule has 0 bridgehead atoms. The lowest BCUT2D eigenvalue weighted by Gasteiger charge is -2.45. The molecule has 36 heavy (non-hydrogen) atoms. The van der Waals surface area contributed by atoms with Gasteiger partial charge in [0.1, 0.15) is 10.6 Å². The number of fused-ring (bicyclic) bond motifs is 1. The first-order valence-electron chi connectivity index (χ1n) is 10.5. The number of amides is 1. The van der Waals surface area contributed by atoms with Crippen LogP contribution in [0.5, 0.6) is 0 Å². The molecule has 1 aliphatic heterocycles. The van der Waals surface area contributed by atoms with Crippen molar-refractivity contribution in [2.75, 3.05) is 5.75 Å². The maximum Gasteiger partial charge on any atom is 0.338 e. The molecule has 0 radical (unpaired) electrons. The van der Waals surface area contributed by atoms with Gasteiger partial charge in [0.2, 0.25) is 0 Å². The summed E-state index contributed by atoms with van der Waals surface area (Å²) in [6.45, 7) is 1.42. The number of carbonyl (C=O) groups excluding carboxylic acids is 1. The second-order valence-corrected chi connectivity index (χ2v) is 11.3. The third kappa shape index (κ3) is 3.53. The summed E-state index contributed by atoms with van der Waals surface area (Å²) in [5.74, 6) is -10.5. The molecule has 2 aliphatic rings. The number of nitrogens with one attached hydrogen (secondary N) is 1. The van der Waals surface area contributed by atoms with Crippen LogP contribution in [-0.2, 0) is 26.2 Å². The van der Waals surface area contributed by atoms with Crippen molar-refractivity contribution in [2.24, 2.45) is 0 Å². The Morgan fingerprint density at radius 1 is 1.06 bits per heavy atom. The first-order valence-corrected chi connectivity index (χ1v) is 12.2. The van der Waals surface area contributed by atoms with Crippen LogP contribution >= 0.6 is 0 Å². The zero-order chi connectivity index (χ0) is 27.1. The molecule has 1 aliphatic carbocycles. The van der Waals surface area contributed by atoms with Gasteiger partial charge < -0.3 is 10.2 Å². The van der Waals surface area contributed by atoms with E-state index < -0.39 is 88.3 Å². The van der Waals surface area contributed by atoms with Gasteiger partial charge in [-0.05, 0) is 32.3 Å². The Labute approximate surface area is 201 Å². The molecule has 7 nitrogen and oxygen atoms in total. The first kappa shape index (κ1) is 26.4. The van der Waals surface area contributed by atoms with Crippen LogP contribution in [-0.4, -0.2) is 46.5 Å². The van der Waals surface area contributed by atoms with Crippen LogP contribution in [0, 0.1) is 17.5 Å². The van der Waals surface area contributed by atoms with E-state index in [0.717, 1.165) is 12.1 Å². The topological polar surface area (TPSA) is 107 Å². The highest BCUT2D eigenvalue weighted by atomic mass is 32.2. The molecule has 0 saturated heterocycles. The van der Waals surface area contributed by atoms with Crippen LogP contribution in [0.4, 0.5) is 26.4 Å². The normalized spacial score (nSPS) is 22.8. The average molecular weight is 538 g/mol. The van der Waals surface area contributed by atoms with Gasteiger partial charge in [0.25, 0.3) is 5.91 Å². The van der Waals surface area contributed by atoms with Gasteiger partial charge in [0, 0.05) is 5.56 Å². The monoisotopic (exact) mass is 538 g/mol. The van der Waals surface area contributed by atoms with E-state index in [0.29, 0.717) is 19.4 Å². The Bertz CT molecular complexity index is 1360. The van der Waals surface area contributed by atoms with Crippen molar-refractivity contribution in [1.82, 2.24) is 10.4 Å². The summed E-state index contributed by atoms with van der Waals surface area (Å²) in [7, 11) is -5.22. The van der Waals surface area contributed by atoms with Gasteiger partial charge in [0.15, 0.2) is 32.8 Å². The lowest BCUT2D eigenvalue weighted by Crippen LogP contribution is -2.63. The zero-order valence-corrected chi connectivity index (χ0v) is 19.6. The van der Waals surface area contributed by atoms with E-state index in [1.165, 1.54) is 18.2 Å².